The van der Waals surface area contributed by atoms with Crippen LogP contribution in [0.4, 0.5) is 0 Å². The van der Waals surface area contributed by atoms with Crippen molar-refractivity contribution in [3.8, 4) is 0 Å². The van der Waals surface area contributed by atoms with Gasteiger partial charge in [0.25, 0.3) is 0 Å². The second kappa shape index (κ2) is 12.2. The molecule has 1 saturated heterocycles. The molecule has 3 rings (SSSR count). The first-order valence-electron chi connectivity index (χ1n) is 11.2. The molecule has 1 aromatic rings. The number of ether oxygens (including phenoxy) is 2. The van der Waals surface area contributed by atoms with Crippen LogP contribution in [-0.2, 0) is 15.9 Å². The highest BCUT2D eigenvalue weighted by Crippen LogP contribution is 2.32. The Bertz CT molecular complexity index is 629. The van der Waals surface area contributed by atoms with Gasteiger partial charge < -0.3 is 25.0 Å². The van der Waals surface area contributed by atoms with Crippen molar-refractivity contribution >= 4 is 5.96 Å². The predicted octanol–water partition coefficient (Wildman–Crippen LogP) is 2.75. The maximum absolute atomic E-state index is 6.20. The number of guanidine groups is 1. The smallest absolute Gasteiger partial charge is 0.191 e. The van der Waals surface area contributed by atoms with Crippen molar-refractivity contribution in [3.63, 3.8) is 0 Å². The number of benzene rings is 1. The molecule has 1 aliphatic carbocycles. The van der Waals surface area contributed by atoms with Crippen molar-refractivity contribution in [1.29, 1.82) is 0 Å². The molecule has 1 aliphatic heterocycles. The van der Waals surface area contributed by atoms with E-state index in [1.165, 1.54) is 24.0 Å². The van der Waals surface area contributed by atoms with E-state index in [9.17, 15) is 0 Å². The van der Waals surface area contributed by atoms with E-state index >= 15 is 0 Å². The minimum Gasteiger partial charge on any atom is -0.383 e. The van der Waals surface area contributed by atoms with Crippen molar-refractivity contribution < 1.29 is 9.47 Å². The van der Waals surface area contributed by atoms with Crippen LogP contribution in [0.5, 0.6) is 0 Å². The molecule has 2 aliphatic rings. The molecule has 0 saturated carbocycles. The van der Waals surface area contributed by atoms with E-state index in [2.05, 4.69) is 44.8 Å². The summed E-state index contributed by atoms with van der Waals surface area (Å²) < 4.78 is 11.4. The topological polar surface area (TPSA) is 58.1 Å². The van der Waals surface area contributed by atoms with Gasteiger partial charge in [0.15, 0.2) is 5.96 Å². The van der Waals surface area contributed by atoms with Gasteiger partial charge in [0, 0.05) is 53.0 Å². The van der Waals surface area contributed by atoms with Gasteiger partial charge in [-0.1, -0.05) is 24.3 Å². The Balaban J connectivity index is 1.30. The zero-order valence-electron chi connectivity index (χ0n) is 18.2. The minimum absolute atomic E-state index is 0.265. The molecule has 1 fully saturated rings. The standard InChI is InChI=1S/C23H38N4O2/c1-24-23(26-20-11-14-27(15-12-20)16-18-28-2)25-13-6-17-29-22-10-5-8-19-7-3-4-9-21(19)22/h3-4,7,9,20,22H,5-6,8,10-18H2,1-2H3,(H2,24,25,26). The van der Waals surface area contributed by atoms with Gasteiger partial charge >= 0.3 is 0 Å². The molecule has 0 spiro atoms. The van der Waals surface area contributed by atoms with E-state index < -0.39 is 0 Å². The van der Waals surface area contributed by atoms with Crippen LogP contribution in [0.2, 0.25) is 0 Å². The van der Waals surface area contributed by atoms with Crippen LogP contribution in [0.1, 0.15) is 49.3 Å². The molecule has 2 N–H and O–H groups in total. The fourth-order valence-corrected chi connectivity index (χ4v) is 4.30. The third kappa shape index (κ3) is 6.98. The number of likely N-dealkylation sites (tertiary alicyclic amines) is 1. The summed E-state index contributed by atoms with van der Waals surface area (Å²) in [7, 11) is 3.61. The lowest BCUT2D eigenvalue weighted by Gasteiger charge is -2.32. The quantitative estimate of drug-likeness (QED) is 0.378. The highest BCUT2D eigenvalue weighted by Gasteiger charge is 2.21. The van der Waals surface area contributed by atoms with Gasteiger partial charge in [-0.2, -0.15) is 0 Å². The molecule has 1 heterocycles. The number of rotatable bonds is 9. The normalized spacial score (nSPS) is 21.0. The number of aryl methyl sites for hydroxylation is 1. The van der Waals surface area contributed by atoms with E-state index in [-0.39, 0.29) is 6.10 Å². The zero-order chi connectivity index (χ0) is 20.3. The third-order valence-corrected chi connectivity index (χ3v) is 6.01. The molecule has 0 radical (unpaired) electrons. The van der Waals surface area contributed by atoms with Crippen LogP contribution in [0.15, 0.2) is 29.3 Å². The number of aliphatic imine (C=N–C) groups is 1. The van der Waals surface area contributed by atoms with Crippen LogP contribution in [-0.4, -0.2) is 70.5 Å². The van der Waals surface area contributed by atoms with E-state index in [4.69, 9.17) is 9.47 Å². The fourth-order valence-electron chi connectivity index (χ4n) is 4.30. The average molecular weight is 403 g/mol. The van der Waals surface area contributed by atoms with Crippen molar-refractivity contribution in [2.45, 2.75) is 50.7 Å². The molecular formula is C23H38N4O2. The van der Waals surface area contributed by atoms with Gasteiger partial charge in [-0.3, -0.25) is 4.99 Å². The Kier molecular flexibility index (Phi) is 9.25. The van der Waals surface area contributed by atoms with Crippen molar-refractivity contribution in [1.82, 2.24) is 15.5 Å². The van der Waals surface area contributed by atoms with Crippen molar-refractivity contribution in [2.75, 3.05) is 53.6 Å². The van der Waals surface area contributed by atoms with Gasteiger partial charge in [0.2, 0.25) is 0 Å². The summed E-state index contributed by atoms with van der Waals surface area (Å²) in [6.07, 6.45) is 7.08. The average Bonchev–Trinajstić information content (AvgIpc) is 2.77. The Morgan fingerprint density at radius 3 is 2.79 bits per heavy atom. The Morgan fingerprint density at radius 2 is 2.00 bits per heavy atom. The number of methoxy groups -OCH3 is 1. The summed E-state index contributed by atoms with van der Waals surface area (Å²) in [6, 6.07) is 9.22. The molecule has 0 amide bonds. The minimum atomic E-state index is 0.265. The largest absolute Gasteiger partial charge is 0.383 e. The van der Waals surface area contributed by atoms with E-state index in [1.807, 2.05) is 7.05 Å². The zero-order valence-corrected chi connectivity index (χ0v) is 18.2. The fraction of sp³-hybridized carbons (Fsp3) is 0.696. The summed E-state index contributed by atoms with van der Waals surface area (Å²) in [4.78, 5) is 6.86. The summed E-state index contributed by atoms with van der Waals surface area (Å²) in [5.74, 6) is 0.906. The number of nitrogens with one attached hydrogen (secondary N) is 2. The Hall–Kier alpha value is -1.63. The highest BCUT2D eigenvalue weighted by atomic mass is 16.5. The molecule has 1 aromatic carbocycles. The number of piperidine rings is 1. The molecule has 0 aromatic heterocycles. The lowest BCUT2D eigenvalue weighted by atomic mass is 9.89. The first-order valence-corrected chi connectivity index (χ1v) is 11.2. The van der Waals surface area contributed by atoms with Crippen LogP contribution in [0.3, 0.4) is 0 Å². The number of nitrogens with zero attached hydrogens (tertiary/aromatic N) is 2. The monoisotopic (exact) mass is 402 g/mol. The lowest BCUT2D eigenvalue weighted by molar-refractivity contribution is 0.0398. The van der Waals surface area contributed by atoms with Gasteiger partial charge in [-0.15, -0.1) is 0 Å². The number of hydrogen-bond acceptors (Lipinski definition) is 4. The lowest BCUT2D eigenvalue weighted by Crippen LogP contribution is -2.49. The van der Waals surface area contributed by atoms with Gasteiger partial charge in [0.05, 0.1) is 12.7 Å². The van der Waals surface area contributed by atoms with Gasteiger partial charge in [-0.05, 0) is 49.7 Å². The third-order valence-electron chi connectivity index (χ3n) is 6.01. The maximum Gasteiger partial charge on any atom is 0.191 e. The van der Waals surface area contributed by atoms with Crippen LogP contribution < -0.4 is 10.6 Å². The van der Waals surface area contributed by atoms with Gasteiger partial charge in [0.1, 0.15) is 0 Å². The summed E-state index contributed by atoms with van der Waals surface area (Å²) >= 11 is 0. The molecule has 162 valence electrons. The summed E-state index contributed by atoms with van der Waals surface area (Å²) in [5, 5.41) is 7.02. The van der Waals surface area contributed by atoms with Crippen LogP contribution >= 0.6 is 0 Å². The molecule has 29 heavy (non-hydrogen) atoms. The van der Waals surface area contributed by atoms with Crippen LogP contribution in [0.25, 0.3) is 0 Å². The highest BCUT2D eigenvalue weighted by molar-refractivity contribution is 5.79. The maximum atomic E-state index is 6.20. The van der Waals surface area contributed by atoms with Gasteiger partial charge in [-0.25, -0.2) is 0 Å². The molecule has 6 nitrogen and oxygen atoms in total. The Morgan fingerprint density at radius 1 is 1.17 bits per heavy atom. The molecular weight excluding hydrogens is 364 g/mol. The molecule has 1 unspecified atom stereocenters. The van der Waals surface area contributed by atoms with E-state index in [1.54, 1.807) is 7.11 Å². The summed E-state index contributed by atoms with van der Waals surface area (Å²) in [5.41, 5.74) is 2.85. The van der Waals surface area contributed by atoms with Crippen molar-refractivity contribution in [3.05, 3.63) is 35.4 Å². The van der Waals surface area contributed by atoms with Crippen molar-refractivity contribution in [2.24, 2.45) is 4.99 Å². The number of hydrogen-bond donors (Lipinski definition) is 2. The van der Waals surface area contributed by atoms with Crippen LogP contribution in [0, 0.1) is 0 Å². The second-order valence-corrected chi connectivity index (χ2v) is 8.06. The van der Waals surface area contributed by atoms with E-state index in [0.29, 0.717) is 6.04 Å². The molecule has 1 atom stereocenters. The molecule has 6 heteroatoms. The molecule has 0 bridgehead atoms. The SMILES string of the molecule is CN=C(NCCCOC1CCCc2ccccc21)NC1CCN(CCOC)CC1. The van der Waals surface area contributed by atoms with E-state index in [0.717, 1.165) is 71.0 Å². The second-order valence-electron chi connectivity index (χ2n) is 8.06. The predicted molar refractivity (Wildman–Crippen MR) is 119 cm³/mol. The summed E-state index contributed by atoms with van der Waals surface area (Å²) in [6.45, 7) is 5.74. The Labute approximate surface area is 176 Å². The first-order chi connectivity index (χ1) is 14.3. The number of fused-ring (bicyclic) bond motifs is 1. The first kappa shape index (κ1) is 22.1.